The molecule has 0 aliphatic carbocycles. The molecule has 1 saturated heterocycles. The van der Waals surface area contributed by atoms with Crippen LogP contribution in [0, 0.1) is 0 Å². The molecule has 2 heterocycles. The first kappa shape index (κ1) is 21.9. The molecule has 1 aromatic heterocycles. The number of hydrogen-bond donors (Lipinski definition) is 0. The number of amides is 1. The molecular formula is C21H24F3N3O3. The van der Waals surface area contributed by atoms with Gasteiger partial charge in [0.25, 0.3) is 5.91 Å². The SMILES string of the molecule is COc1ccc(OCC(F)(F)F)c(C(=O)N2CCCN(Cc3ccncc3)CC2)c1. The van der Waals surface area contributed by atoms with E-state index in [2.05, 4.69) is 9.88 Å². The fraction of sp³-hybridized carbons (Fsp3) is 0.429. The molecule has 1 fully saturated rings. The van der Waals surface area contributed by atoms with Crippen molar-refractivity contribution in [3.63, 3.8) is 0 Å². The highest BCUT2D eigenvalue weighted by Gasteiger charge is 2.30. The maximum Gasteiger partial charge on any atom is 0.422 e. The van der Waals surface area contributed by atoms with Crippen LogP contribution in [0.15, 0.2) is 42.7 Å². The zero-order chi connectivity index (χ0) is 21.6. The molecule has 0 radical (unpaired) electrons. The molecule has 6 nitrogen and oxygen atoms in total. The summed E-state index contributed by atoms with van der Waals surface area (Å²) in [5.41, 5.74) is 1.21. The Morgan fingerprint density at radius 1 is 1.10 bits per heavy atom. The van der Waals surface area contributed by atoms with Crippen molar-refractivity contribution in [3.8, 4) is 11.5 Å². The fourth-order valence-corrected chi connectivity index (χ4v) is 3.34. The smallest absolute Gasteiger partial charge is 0.422 e. The fourth-order valence-electron chi connectivity index (χ4n) is 3.34. The first-order valence-electron chi connectivity index (χ1n) is 9.64. The monoisotopic (exact) mass is 423 g/mol. The molecule has 1 aliphatic rings. The Morgan fingerprint density at radius 2 is 1.87 bits per heavy atom. The third-order valence-electron chi connectivity index (χ3n) is 4.84. The number of benzene rings is 1. The van der Waals surface area contributed by atoms with Crippen molar-refractivity contribution >= 4 is 5.91 Å². The Bertz CT molecular complexity index is 846. The van der Waals surface area contributed by atoms with Crippen molar-refractivity contribution < 1.29 is 27.4 Å². The first-order valence-corrected chi connectivity index (χ1v) is 9.64. The van der Waals surface area contributed by atoms with Gasteiger partial charge in [-0.1, -0.05) is 0 Å². The van der Waals surface area contributed by atoms with Crippen LogP contribution in [-0.2, 0) is 6.54 Å². The van der Waals surface area contributed by atoms with Crippen LogP contribution >= 0.6 is 0 Å². The highest BCUT2D eigenvalue weighted by molar-refractivity contribution is 5.97. The van der Waals surface area contributed by atoms with Gasteiger partial charge in [0.2, 0.25) is 0 Å². The maximum absolute atomic E-state index is 13.1. The van der Waals surface area contributed by atoms with Crippen molar-refractivity contribution in [1.29, 1.82) is 0 Å². The second-order valence-corrected chi connectivity index (χ2v) is 7.04. The van der Waals surface area contributed by atoms with Crippen LogP contribution in [0.4, 0.5) is 13.2 Å². The molecule has 162 valence electrons. The van der Waals surface area contributed by atoms with Crippen LogP contribution in [0.1, 0.15) is 22.3 Å². The average Bonchev–Trinajstić information content (AvgIpc) is 2.97. The number of alkyl halides is 3. The molecule has 0 N–H and O–H groups in total. The number of nitrogens with zero attached hydrogens (tertiary/aromatic N) is 3. The minimum absolute atomic E-state index is 0.0705. The van der Waals surface area contributed by atoms with Gasteiger partial charge in [-0.25, -0.2) is 0 Å². The summed E-state index contributed by atoms with van der Waals surface area (Å²) in [5, 5.41) is 0. The van der Waals surface area contributed by atoms with Crippen LogP contribution < -0.4 is 9.47 Å². The van der Waals surface area contributed by atoms with Crippen LogP contribution in [0.3, 0.4) is 0 Å². The van der Waals surface area contributed by atoms with Crippen LogP contribution in [0.25, 0.3) is 0 Å². The van der Waals surface area contributed by atoms with Gasteiger partial charge in [0.05, 0.1) is 12.7 Å². The molecule has 0 atom stereocenters. The van der Waals surface area contributed by atoms with Crippen LogP contribution in [0.2, 0.25) is 0 Å². The predicted molar refractivity (Wildman–Crippen MR) is 105 cm³/mol. The number of methoxy groups -OCH3 is 1. The van der Waals surface area contributed by atoms with Gasteiger partial charge < -0.3 is 14.4 Å². The highest BCUT2D eigenvalue weighted by Crippen LogP contribution is 2.28. The van der Waals surface area contributed by atoms with Gasteiger partial charge in [-0.15, -0.1) is 0 Å². The lowest BCUT2D eigenvalue weighted by Gasteiger charge is -2.23. The summed E-state index contributed by atoms with van der Waals surface area (Å²) in [6.07, 6.45) is -0.238. The van der Waals surface area contributed by atoms with E-state index < -0.39 is 12.8 Å². The minimum Gasteiger partial charge on any atom is -0.497 e. The molecule has 30 heavy (non-hydrogen) atoms. The number of aromatic nitrogens is 1. The van der Waals surface area contributed by atoms with E-state index in [1.54, 1.807) is 17.3 Å². The van der Waals surface area contributed by atoms with Crippen molar-refractivity contribution in [2.24, 2.45) is 0 Å². The molecule has 3 rings (SSSR count). The van der Waals surface area contributed by atoms with Gasteiger partial charge >= 0.3 is 6.18 Å². The first-order chi connectivity index (χ1) is 14.4. The molecule has 1 aliphatic heterocycles. The van der Waals surface area contributed by atoms with Gasteiger partial charge in [0.1, 0.15) is 11.5 Å². The number of ether oxygens (including phenoxy) is 2. The van der Waals surface area contributed by atoms with Gasteiger partial charge in [-0.2, -0.15) is 13.2 Å². The largest absolute Gasteiger partial charge is 0.497 e. The zero-order valence-electron chi connectivity index (χ0n) is 16.7. The van der Waals surface area contributed by atoms with Gasteiger partial charge in [-0.3, -0.25) is 14.7 Å². The van der Waals surface area contributed by atoms with Gasteiger partial charge in [0.15, 0.2) is 6.61 Å². The van der Waals surface area contributed by atoms with Gasteiger partial charge in [0, 0.05) is 45.1 Å². The molecule has 1 amide bonds. The predicted octanol–water partition coefficient (Wildman–Crippen LogP) is 3.38. The summed E-state index contributed by atoms with van der Waals surface area (Å²) in [5.74, 6) is -0.0836. The number of carbonyl (C=O) groups is 1. The summed E-state index contributed by atoms with van der Waals surface area (Å²) >= 11 is 0. The van der Waals surface area contributed by atoms with Gasteiger partial charge in [-0.05, 0) is 42.3 Å². The lowest BCUT2D eigenvalue weighted by molar-refractivity contribution is -0.153. The Morgan fingerprint density at radius 3 is 2.57 bits per heavy atom. The number of pyridine rings is 1. The topological polar surface area (TPSA) is 54.9 Å². The Labute approximate surface area is 173 Å². The molecule has 0 spiro atoms. The van der Waals surface area contributed by atoms with E-state index in [1.807, 2.05) is 12.1 Å². The summed E-state index contributed by atoms with van der Waals surface area (Å²) in [4.78, 5) is 21.0. The van der Waals surface area contributed by atoms with E-state index in [-0.39, 0.29) is 17.2 Å². The zero-order valence-corrected chi connectivity index (χ0v) is 16.7. The van der Waals surface area contributed by atoms with Crippen molar-refractivity contribution in [1.82, 2.24) is 14.8 Å². The average molecular weight is 423 g/mol. The second-order valence-electron chi connectivity index (χ2n) is 7.04. The number of rotatable bonds is 6. The van der Waals surface area contributed by atoms with Crippen LogP contribution in [-0.4, -0.2) is 66.8 Å². The van der Waals surface area contributed by atoms with Crippen molar-refractivity contribution in [3.05, 3.63) is 53.9 Å². The van der Waals surface area contributed by atoms with E-state index in [0.29, 0.717) is 25.4 Å². The molecular weight excluding hydrogens is 399 g/mol. The third kappa shape index (κ3) is 6.09. The summed E-state index contributed by atoms with van der Waals surface area (Å²) < 4.78 is 47.8. The summed E-state index contributed by atoms with van der Waals surface area (Å²) in [6.45, 7) is 1.77. The third-order valence-corrected chi connectivity index (χ3v) is 4.84. The Balaban J connectivity index is 1.70. The maximum atomic E-state index is 13.1. The van der Waals surface area contributed by atoms with E-state index >= 15 is 0 Å². The van der Waals surface area contributed by atoms with E-state index in [4.69, 9.17) is 9.47 Å². The van der Waals surface area contributed by atoms with E-state index in [0.717, 1.165) is 25.1 Å². The normalized spacial score (nSPS) is 15.5. The molecule has 9 heteroatoms. The lowest BCUT2D eigenvalue weighted by Crippen LogP contribution is -2.35. The van der Waals surface area contributed by atoms with E-state index in [1.165, 1.54) is 25.3 Å². The highest BCUT2D eigenvalue weighted by atomic mass is 19.4. The lowest BCUT2D eigenvalue weighted by atomic mass is 10.1. The van der Waals surface area contributed by atoms with Crippen LogP contribution in [0.5, 0.6) is 11.5 Å². The molecule has 1 aromatic carbocycles. The number of hydrogen-bond acceptors (Lipinski definition) is 5. The summed E-state index contributed by atoms with van der Waals surface area (Å²) in [6, 6.07) is 8.14. The standard InChI is InChI=1S/C21H24F3N3O3/c1-29-17-3-4-19(30-15-21(22,23)24)18(13-17)20(28)27-10-2-9-26(11-12-27)14-16-5-7-25-8-6-16/h3-8,13H,2,9-12,14-15H2,1H3. The molecule has 2 aromatic rings. The van der Waals surface area contributed by atoms with Crippen molar-refractivity contribution in [2.45, 2.75) is 19.1 Å². The second kappa shape index (κ2) is 9.80. The quantitative estimate of drug-likeness (QED) is 0.713. The number of carbonyl (C=O) groups excluding carboxylic acids is 1. The van der Waals surface area contributed by atoms with E-state index in [9.17, 15) is 18.0 Å². The van der Waals surface area contributed by atoms with Crippen molar-refractivity contribution in [2.75, 3.05) is 39.9 Å². The Hall–Kier alpha value is -2.81. The Kier molecular flexibility index (Phi) is 7.15. The minimum atomic E-state index is -4.49. The molecule has 0 unspecified atom stereocenters. The number of halogens is 3. The molecule has 0 saturated carbocycles. The summed E-state index contributed by atoms with van der Waals surface area (Å²) in [7, 11) is 1.43. The molecule has 0 bridgehead atoms.